The molecule has 8 nitrogen and oxygen atoms in total. The van der Waals surface area contributed by atoms with Gasteiger partial charge in [0, 0.05) is 13.3 Å². The van der Waals surface area contributed by atoms with Crippen LogP contribution in [-0.2, 0) is 14.4 Å². The molecule has 0 aromatic carbocycles. The van der Waals surface area contributed by atoms with Crippen molar-refractivity contribution in [3.05, 3.63) is 0 Å². The molecule has 0 spiro atoms. The van der Waals surface area contributed by atoms with Gasteiger partial charge in [-0.25, -0.2) is 0 Å². The maximum atomic E-state index is 12.0. The van der Waals surface area contributed by atoms with Crippen LogP contribution in [-0.4, -0.2) is 49.3 Å². The SMILES string of the molecule is CNC(=O)[C@@](CNC(=O)C(=N)C=N)(NC=O)C1CC1. The molecule has 0 aromatic heterocycles. The molecule has 0 radical (unpaired) electrons. The summed E-state index contributed by atoms with van der Waals surface area (Å²) in [5.74, 6) is -1.17. The summed E-state index contributed by atoms with van der Waals surface area (Å²) in [5, 5.41) is 21.3. The first-order valence-corrected chi connectivity index (χ1v) is 5.82. The highest BCUT2D eigenvalue weighted by Gasteiger charge is 2.50. The maximum absolute atomic E-state index is 12.0. The number of hydrogen-bond acceptors (Lipinski definition) is 5. The van der Waals surface area contributed by atoms with Crippen LogP contribution in [0.1, 0.15) is 12.8 Å². The van der Waals surface area contributed by atoms with Crippen LogP contribution < -0.4 is 16.0 Å². The van der Waals surface area contributed by atoms with Gasteiger partial charge in [0.2, 0.25) is 12.3 Å². The summed E-state index contributed by atoms with van der Waals surface area (Å²) in [6, 6.07) is 0. The van der Waals surface area contributed by atoms with Crippen molar-refractivity contribution in [3.8, 4) is 0 Å². The maximum Gasteiger partial charge on any atom is 0.270 e. The van der Waals surface area contributed by atoms with Gasteiger partial charge in [0.1, 0.15) is 11.3 Å². The minimum absolute atomic E-state index is 0.0351. The summed E-state index contributed by atoms with van der Waals surface area (Å²) < 4.78 is 0. The smallest absolute Gasteiger partial charge is 0.270 e. The van der Waals surface area contributed by atoms with Crippen LogP contribution in [0.4, 0.5) is 0 Å². The molecule has 1 saturated carbocycles. The zero-order valence-corrected chi connectivity index (χ0v) is 10.6. The van der Waals surface area contributed by atoms with E-state index in [1.165, 1.54) is 7.05 Å². The van der Waals surface area contributed by atoms with Crippen molar-refractivity contribution < 1.29 is 14.4 Å². The highest BCUT2D eigenvalue weighted by atomic mass is 16.2. The molecule has 5 N–H and O–H groups in total. The standard InChI is InChI=1S/C11H17N5O3/c1-14-10(19)11(16-6-17,7-2-3-7)5-15-9(18)8(13)4-12/h4,6-7,12-13H,2-3,5H2,1H3,(H,14,19)(H,15,18)(H,16,17)/t11-/m0/s1. The van der Waals surface area contributed by atoms with Crippen molar-refractivity contribution in [3.63, 3.8) is 0 Å². The minimum atomic E-state index is -1.19. The average molecular weight is 267 g/mol. The van der Waals surface area contributed by atoms with Crippen molar-refractivity contribution in [1.29, 1.82) is 10.8 Å². The van der Waals surface area contributed by atoms with E-state index in [9.17, 15) is 14.4 Å². The minimum Gasteiger partial charge on any atom is -0.357 e. The van der Waals surface area contributed by atoms with Crippen molar-refractivity contribution in [2.75, 3.05) is 13.6 Å². The molecule has 19 heavy (non-hydrogen) atoms. The summed E-state index contributed by atoms with van der Waals surface area (Å²) in [7, 11) is 1.45. The molecule has 3 amide bonds. The summed E-state index contributed by atoms with van der Waals surface area (Å²) in [4.78, 5) is 34.1. The van der Waals surface area contributed by atoms with Gasteiger partial charge in [0.15, 0.2) is 0 Å². The number of hydrogen-bond donors (Lipinski definition) is 5. The lowest BCUT2D eigenvalue weighted by Gasteiger charge is -2.31. The monoisotopic (exact) mass is 267 g/mol. The Kier molecular flexibility index (Phi) is 4.74. The van der Waals surface area contributed by atoms with Crippen LogP contribution in [0.2, 0.25) is 0 Å². The number of nitrogens with one attached hydrogen (secondary N) is 5. The van der Waals surface area contributed by atoms with Crippen molar-refractivity contribution in [2.45, 2.75) is 18.4 Å². The molecule has 0 aromatic rings. The summed E-state index contributed by atoms with van der Waals surface area (Å²) in [5.41, 5.74) is -1.69. The van der Waals surface area contributed by atoms with E-state index in [0.717, 1.165) is 12.8 Å². The molecule has 8 heteroatoms. The lowest BCUT2D eigenvalue weighted by molar-refractivity contribution is -0.131. The third-order valence-corrected chi connectivity index (χ3v) is 3.14. The fourth-order valence-electron chi connectivity index (χ4n) is 1.93. The predicted octanol–water partition coefficient (Wildman–Crippen LogP) is -1.59. The van der Waals surface area contributed by atoms with Gasteiger partial charge in [-0.3, -0.25) is 19.8 Å². The summed E-state index contributed by atoms with van der Waals surface area (Å²) >= 11 is 0. The van der Waals surface area contributed by atoms with Crippen molar-refractivity contribution in [1.82, 2.24) is 16.0 Å². The average Bonchev–Trinajstić information content (AvgIpc) is 3.26. The first-order valence-electron chi connectivity index (χ1n) is 5.82. The van der Waals surface area contributed by atoms with E-state index >= 15 is 0 Å². The Morgan fingerprint density at radius 1 is 1.42 bits per heavy atom. The Balaban J connectivity index is 2.82. The molecule has 0 saturated heterocycles. The van der Waals surface area contributed by atoms with Gasteiger partial charge >= 0.3 is 0 Å². The Hall–Kier alpha value is -2.25. The molecule has 1 atom stereocenters. The third-order valence-electron chi connectivity index (χ3n) is 3.14. The molecule has 1 aliphatic carbocycles. The molecule has 1 aliphatic rings. The number of carbonyl (C=O) groups excluding carboxylic acids is 3. The van der Waals surface area contributed by atoms with Gasteiger partial charge in [-0.2, -0.15) is 0 Å². The van der Waals surface area contributed by atoms with Crippen LogP contribution in [0.25, 0.3) is 0 Å². The predicted molar refractivity (Wildman–Crippen MR) is 68.2 cm³/mol. The van der Waals surface area contributed by atoms with Crippen LogP contribution in [0, 0.1) is 16.7 Å². The van der Waals surface area contributed by atoms with Crippen molar-refractivity contribution in [2.24, 2.45) is 5.92 Å². The lowest BCUT2D eigenvalue weighted by atomic mass is 9.91. The second-order valence-corrected chi connectivity index (χ2v) is 4.33. The van der Waals surface area contributed by atoms with E-state index in [2.05, 4.69) is 16.0 Å². The second-order valence-electron chi connectivity index (χ2n) is 4.33. The second kappa shape index (κ2) is 6.07. The van der Waals surface area contributed by atoms with Gasteiger partial charge in [0.25, 0.3) is 5.91 Å². The molecule has 1 rings (SSSR count). The molecule has 0 aliphatic heterocycles. The number of amides is 3. The van der Waals surface area contributed by atoms with Gasteiger partial charge < -0.3 is 21.4 Å². The zero-order valence-electron chi connectivity index (χ0n) is 10.6. The highest BCUT2D eigenvalue weighted by molar-refractivity contribution is 6.59. The molecule has 104 valence electrons. The quantitative estimate of drug-likeness (QED) is 0.268. The van der Waals surface area contributed by atoms with Gasteiger partial charge in [-0.1, -0.05) is 0 Å². The van der Waals surface area contributed by atoms with Crippen LogP contribution >= 0.6 is 0 Å². The van der Waals surface area contributed by atoms with E-state index < -0.39 is 17.2 Å². The molecule has 1 fully saturated rings. The molecule has 0 bridgehead atoms. The fourth-order valence-corrected chi connectivity index (χ4v) is 1.93. The Bertz CT molecular complexity index is 419. The Labute approximate surface area is 110 Å². The topological polar surface area (TPSA) is 135 Å². The largest absolute Gasteiger partial charge is 0.357 e. The lowest BCUT2D eigenvalue weighted by Crippen LogP contribution is -2.63. The summed E-state index contributed by atoms with van der Waals surface area (Å²) in [6.45, 7) is -0.106. The van der Waals surface area contributed by atoms with Gasteiger partial charge in [-0.15, -0.1) is 0 Å². The van der Waals surface area contributed by atoms with Gasteiger partial charge in [-0.05, 0) is 18.8 Å². The normalized spacial score (nSPS) is 16.7. The molecular weight excluding hydrogens is 250 g/mol. The summed E-state index contributed by atoms with van der Waals surface area (Å²) in [6.07, 6.45) is 2.61. The number of rotatable bonds is 8. The third kappa shape index (κ3) is 3.15. The first-order chi connectivity index (χ1) is 9.01. The van der Waals surface area contributed by atoms with Crippen molar-refractivity contribution >= 4 is 30.2 Å². The Morgan fingerprint density at radius 2 is 2.05 bits per heavy atom. The number of carbonyl (C=O) groups is 3. The van der Waals surface area contributed by atoms with E-state index in [0.29, 0.717) is 12.6 Å². The Morgan fingerprint density at radius 3 is 2.47 bits per heavy atom. The van der Waals surface area contributed by atoms with Crippen LogP contribution in [0.5, 0.6) is 0 Å². The van der Waals surface area contributed by atoms with Crippen LogP contribution in [0.3, 0.4) is 0 Å². The van der Waals surface area contributed by atoms with E-state index in [1.54, 1.807) is 0 Å². The number of likely N-dealkylation sites (N-methyl/N-ethyl adjacent to an activating group) is 1. The van der Waals surface area contributed by atoms with Crippen LogP contribution in [0.15, 0.2) is 0 Å². The van der Waals surface area contributed by atoms with E-state index in [4.69, 9.17) is 10.8 Å². The first kappa shape index (κ1) is 14.8. The van der Waals surface area contributed by atoms with E-state index in [-0.39, 0.29) is 18.4 Å². The fraction of sp³-hybridized carbons (Fsp3) is 0.545. The molecular formula is C11H17N5O3. The highest BCUT2D eigenvalue weighted by Crippen LogP contribution is 2.39. The van der Waals surface area contributed by atoms with E-state index in [1.807, 2.05) is 0 Å². The zero-order chi connectivity index (χ0) is 14.5. The molecule has 0 heterocycles. The molecule has 0 unspecified atom stereocenters. The van der Waals surface area contributed by atoms with Gasteiger partial charge in [0.05, 0.1) is 6.54 Å².